The van der Waals surface area contributed by atoms with Crippen LogP contribution >= 0.6 is 0 Å². The number of nitrogens with one attached hydrogen (secondary N) is 1. The van der Waals surface area contributed by atoms with Crippen molar-refractivity contribution < 1.29 is 4.79 Å². The van der Waals surface area contributed by atoms with Gasteiger partial charge >= 0.3 is 0 Å². The van der Waals surface area contributed by atoms with Crippen molar-refractivity contribution in [3.63, 3.8) is 0 Å². The van der Waals surface area contributed by atoms with E-state index in [1.165, 1.54) is 24.8 Å². The quantitative estimate of drug-likeness (QED) is 0.639. The third-order valence-electron chi connectivity index (χ3n) is 7.80. The number of aryl methyl sites for hydroxylation is 1. The fourth-order valence-corrected chi connectivity index (χ4v) is 6.87. The number of rotatable bonds is 4. The molecule has 4 saturated carbocycles. The summed E-state index contributed by atoms with van der Waals surface area (Å²) in [6.07, 6.45) is 10.1. The molecule has 0 saturated heterocycles. The minimum absolute atomic E-state index is 0.160. The van der Waals surface area contributed by atoms with Gasteiger partial charge in [0.05, 0.1) is 11.1 Å². The maximum atomic E-state index is 13.7. The van der Waals surface area contributed by atoms with E-state index in [0.717, 1.165) is 66.2 Å². The van der Waals surface area contributed by atoms with E-state index in [1.54, 1.807) is 0 Å². The largest absolute Gasteiger partial charge is 0.310 e. The molecule has 1 N–H and O–H groups in total. The van der Waals surface area contributed by atoms with E-state index in [9.17, 15) is 4.79 Å². The Hall–Kier alpha value is -2.62. The Kier molecular flexibility index (Phi) is 4.06. The summed E-state index contributed by atoms with van der Waals surface area (Å²) in [6, 6.07) is 14.5. The first-order valence-corrected chi connectivity index (χ1v) is 11.4. The molecule has 1 amide bonds. The van der Waals surface area contributed by atoms with Crippen LogP contribution in [0.2, 0.25) is 0 Å². The van der Waals surface area contributed by atoms with E-state index in [0.29, 0.717) is 0 Å². The lowest BCUT2D eigenvalue weighted by Crippen LogP contribution is -2.51. The summed E-state index contributed by atoms with van der Waals surface area (Å²) in [5, 5.41) is 3.40. The second-order valence-electron chi connectivity index (χ2n) is 10.2. The Morgan fingerprint density at radius 1 is 1.03 bits per heavy atom. The Morgan fingerprint density at radius 3 is 2.37 bits per heavy atom. The van der Waals surface area contributed by atoms with Gasteiger partial charge in [0.1, 0.15) is 11.5 Å². The molecule has 4 bridgehead atoms. The predicted molar refractivity (Wildman–Crippen MR) is 118 cm³/mol. The molecule has 4 aliphatic carbocycles. The third-order valence-corrected chi connectivity index (χ3v) is 7.80. The molecule has 0 atom stereocenters. The van der Waals surface area contributed by atoms with Crippen molar-refractivity contribution in [3.05, 3.63) is 65.5 Å². The van der Waals surface area contributed by atoms with Crippen molar-refractivity contribution in [2.45, 2.75) is 51.9 Å². The van der Waals surface area contributed by atoms with Crippen LogP contribution in [0.25, 0.3) is 5.65 Å². The van der Waals surface area contributed by atoms with Gasteiger partial charge in [-0.1, -0.05) is 36.4 Å². The lowest BCUT2D eigenvalue weighted by atomic mass is 9.49. The van der Waals surface area contributed by atoms with Gasteiger partial charge in [-0.25, -0.2) is 4.98 Å². The predicted octanol–water partition coefficient (Wildman–Crippen LogP) is 5.39. The monoisotopic (exact) mass is 399 g/mol. The fraction of sp³-hybridized carbons (Fsp3) is 0.462. The number of hydrogen-bond acceptors (Lipinski definition) is 2. The highest BCUT2D eigenvalue weighted by Crippen LogP contribution is 2.60. The number of aromatic nitrogens is 2. The minimum atomic E-state index is -0.160. The van der Waals surface area contributed by atoms with Crippen molar-refractivity contribution in [3.8, 4) is 0 Å². The maximum absolute atomic E-state index is 13.7. The van der Waals surface area contributed by atoms with Crippen molar-refractivity contribution >= 4 is 17.4 Å². The number of hydrogen-bond donors (Lipinski definition) is 1. The molecular weight excluding hydrogens is 370 g/mol. The molecule has 4 aliphatic rings. The van der Waals surface area contributed by atoms with E-state index in [2.05, 4.69) is 53.2 Å². The molecule has 1 aromatic carbocycles. The number of carbonyl (C=O) groups is 1. The number of amides is 1. The van der Waals surface area contributed by atoms with Crippen molar-refractivity contribution in [2.24, 2.45) is 23.2 Å². The second kappa shape index (κ2) is 6.69. The molecule has 0 unspecified atom stereocenters. The van der Waals surface area contributed by atoms with Gasteiger partial charge in [0.15, 0.2) is 0 Å². The van der Waals surface area contributed by atoms with Crippen LogP contribution in [0, 0.1) is 30.1 Å². The van der Waals surface area contributed by atoms with Crippen LogP contribution in [-0.4, -0.2) is 15.3 Å². The van der Waals surface area contributed by atoms with Crippen molar-refractivity contribution in [1.82, 2.24) is 9.38 Å². The van der Waals surface area contributed by atoms with E-state index < -0.39 is 0 Å². The highest BCUT2D eigenvalue weighted by molar-refractivity contribution is 5.96. The summed E-state index contributed by atoms with van der Waals surface area (Å²) in [6.45, 7) is 2.08. The maximum Gasteiger partial charge on any atom is 0.231 e. The molecule has 154 valence electrons. The molecule has 0 radical (unpaired) electrons. The third kappa shape index (κ3) is 2.96. The second-order valence-corrected chi connectivity index (χ2v) is 10.2. The number of anilines is 1. The number of carbonyl (C=O) groups excluding carboxylic acids is 1. The molecule has 7 rings (SSSR count). The molecule has 2 heterocycles. The number of benzene rings is 1. The molecule has 4 heteroatoms. The number of nitrogens with zero attached hydrogens (tertiary/aromatic N) is 2. The zero-order valence-electron chi connectivity index (χ0n) is 17.6. The van der Waals surface area contributed by atoms with Gasteiger partial charge in [0.25, 0.3) is 0 Å². The average molecular weight is 400 g/mol. The van der Waals surface area contributed by atoms with Gasteiger partial charge in [0.2, 0.25) is 5.91 Å². The van der Waals surface area contributed by atoms with Gasteiger partial charge < -0.3 is 5.32 Å². The smallest absolute Gasteiger partial charge is 0.231 e. The fourth-order valence-electron chi connectivity index (χ4n) is 6.87. The van der Waals surface area contributed by atoms with Crippen LogP contribution < -0.4 is 5.32 Å². The zero-order chi connectivity index (χ0) is 20.3. The first-order valence-electron chi connectivity index (χ1n) is 11.4. The van der Waals surface area contributed by atoms with Crippen LogP contribution in [0.1, 0.15) is 55.3 Å². The van der Waals surface area contributed by atoms with Crippen LogP contribution in [0.4, 0.5) is 5.82 Å². The number of pyridine rings is 1. The zero-order valence-corrected chi connectivity index (χ0v) is 17.6. The van der Waals surface area contributed by atoms with Crippen LogP contribution in [0.5, 0.6) is 0 Å². The van der Waals surface area contributed by atoms with Gasteiger partial charge in [-0.15, -0.1) is 0 Å². The lowest BCUT2D eigenvalue weighted by molar-refractivity contribution is -0.140. The van der Waals surface area contributed by atoms with Gasteiger partial charge in [-0.05, 0) is 80.4 Å². The van der Waals surface area contributed by atoms with Gasteiger partial charge in [0, 0.05) is 12.6 Å². The summed E-state index contributed by atoms with van der Waals surface area (Å²) < 4.78 is 2.08. The van der Waals surface area contributed by atoms with Crippen LogP contribution in [0.15, 0.2) is 48.7 Å². The molecule has 2 aromatic heterocycles. The molecule has 0 spiro atoms. The van der Waals surface area contributed by atoms with E-state index in [1.807, 2.05) is 12.1 Å². The van der Waals surface area contributed by atoms with Gasteiger partial charge in [-0.2, -0.15) is 0 Å². The van der Waals surface area contributed by atoms with E-state index in [-0.39, 0.29) is 11.3 Å². The molecular formula is C26H29N3O. The van der Waals surface area contributed by atoms with E-state index >= 15 is 0 Å². The molecule has 4 nitrogen and oxygen atoms in total. The highest BCUT2D eigenvalue weighted by atomic mass is 16.2. The Labute approximate surface area is 177 Å². The SMILES string of the molecule is Cc1ccc2nc(Cc3ccccc3)c(NC(=O)C34CC5CC(CC(C5)C3)C4)n2c1. The number of imidazole rings is 1. The average Bonchev–Trinajstić information content (AvgIpc) is 3.04. The van der Waals surface area contributed by atoms with Crippen LogP contribution in [0.3, 0.4) is 0 Å². The highest BCUT2D eigenvalue weighted by Gasteiger charge is 2.54. The Balaban J connectivity index is 1.37. The topological polar surface area (TPSA) is 46.4 Å². The van der Waals surface area contributed by atoms with Crippen molar-refractivity contribution in [2.75, 3.05) is 5.32 Å². The van der Waals surface area contributed by atoms with E-state index in [4.69, 9.17) is 4.98 Å². The first kappa shape index (κ1) is 18.2. The van der Waals surface area contributed by atoms with Gasteiger partial charge in [-0.3, -0.25) is 9.20 Å². The first-order chi connectivity index (χ1) is 14.6. The lowest BCUT2D eigenvalue weighted by Gasteiger charge is -2.55. The summed E-state index contributed by atoms with van der Waals surface area (Å²) >= 11 is 0. The summed E-state index contributed by atoms with van der Waals surface area (Å²) in [7, 11) is 0. The molecule has 3 aromatic rings. The minimum Gasteiger partial charge on any atom is -0.310 e. The Morgan fingerprint density at radius 2 is 1.70 bits per heavy atom. The molecule has 4 fully saturated rings. The molecule has 30 heavy (non-hydrogen) atoms. The standard InChI is InChI=1S/C26H29N3O/c1-17-7-8-23-27-22(12-18-5-3-2-4-6-18)24(29(23)16-17)28-25(30)26-13-19-9-20(14-26)11-21(10-19)15-26/h2-8,16,19-21H,9-15H2,1H3,(H,28,30). The Bertz CT molecular complexity index is 1080. The summed E-state index contributed by atoms with van der Waals surface area (Å²) in [4.78, 5) is 18.6. The van der Waals surface area contributed by atoms with Crippen molar-refractivity contribution in [1.29, 1.82) is 0 Å². The summed E-state index contributed by atoms with van der Waals surface area (Å²) in [5.74, 6) is 3.37. The van der Waals surface area contributed by atoms with Crippen LogP contribution in [-0.2, 0) is 11.2 Å². The molecule has 0 aliphatic heterocycles. The normalized spacial score (nSPS) is 29.4. The number of fused-ring (bicyclic) bond motifs is 1. The summed E-state index contributed by atoms with van der Waals surface area (Å²) in [5.41, 5.74) is 4.06.